The van der Waals surface area contributed by atoms with E-state index < -0.39 is 10.0 Å². The van der Waals surface area contributed by atoms with E-state index in [1.165, 1.54) is 11.4 Å². The maximum Gasteiger partial charge on any atom is 0.227 e. The molecule has 1 amide bonds. The average Bonchev–Trinajstić information content (AvgIpc) is 2.65. The summed E-state index contributed by atoms with van der Waals surface area (Å²) in [5.74, 6) is -0.265. The Morgan fingerprint density at radius 2 is 2.04 bits per heavy atom. The second-order valence-corrected chi connectivity index (χ2v) is 8.43. The molecule has 1 atom stereocenters. The van der Waals surface area contributed by atoms with Crippen LogP contribution in [0.5, 0.6) is 0 Å². The van der Waals surface area contributed by atoms with Gasteiger partial charge in [0.25, 0.3) is 0 Å². The average molecular weight is 368 g/mol. The minimum Gasteiger partial charge on any atom is -0.384 e. The van der Waals surface area contributed by atoms with Crippen molar-refractivity contribution < 1.29 is 17.9 Å². The number of ether oxygens (including phenoxy) is 1. The lowest BCUT2D eigenvalue weighted by atomic mass is 9.98. The van der Waals surface area contributed by atoms with Crippen molar-refractivity contribution in [3.05, 3.63) is 35.9 Å². The lowest BCUT2D eigenvalue weighted by Crippen LogP contribution is -2.47. The number of carbonyl (C=O) groups excluding carboxylic acids is 1. The van der Waals surface area contributed by atoms with Crippen molar-refractivity contribution in [3.8, 4) is 0 Å². The van der Waals surface area contributed by atoms with Gasteiger partial charge in [-0.15, -0.1) is 0 Å². The van der Waals surface area contributed by atoms with E-state index in [1.54, 1.807) is 0 Å². The molecule has 0 radical (unpaired) electrons. The van der Waals surface area contributed by atoms with E-state index in [9.17, 15) is 13.2 Å². The molecule has 1 aliphatic rings. The van der Waals surface area contributed by atoms with Crippen molar-refractivity contribution in [2.45, 2.75) is 26.3 Å². The van der Waals surface area contributed by atoms with Gasteiger partial charge < -0.3 is 9.64 Å². The van der Waals surface area contributed by atoms with Crippen molar-refractivity contribution in [1.82, 2.24) is 9.21 Å². The first-order chi connectivity index (χ1) is 12.0. The zero-order valence-electron chi connectivity index (χ0n) is 15.1. The number of piperidine rings is 1. The summed E-state index contributed by atoms with van der Waals surface area (Å²) in [5, 5.41) is 0. The van der Waals surface area contributed by atoms with Gasteiger partial charge in [-0.05, 0) is 25.3 Å². The van der Waals surface area contributed by atoms with Crippen molar-refractivity contribution >= 4 is 15.9 Å². The molecule has 6 nitrogen and oxygen atoms in total. The first kappa shape index (κ1) is 19.9. The minimum atomic E-state index is -3.37. The minimum absolute atomic E-state index is 0.0358. The molecule has 7 heteroatoms. The van der Waals surface area contributed by atoms with Crippen LogP contribution in [0.25, 0.3) is 0 Å². The van der Waals surface area contributed by atoms with Crippen LogP contribution in [0.2, 0.25) is 0 Å². The summed E-state index contributed by atoms with van der Waals surface area (Å²) >= 11 is 0. The number of carbonyl (C=O) groups is 1. The Hall–Kier alpha value is -1.44. The van der Waals surface area contributed by atoms with Crippen molar-refractivity contribution in [2.24, 2.45) is 5.92 Å². The quantitative estimate of drug-likeness (QED) is 0.701. The van der Waals surface area contributed by atoms with Gasteiger partial charge in [-0.25, -0.2) is 12.7 Å². The van der Waals surface area contributed by atoms with Gasteiger partial charge in [-0.3, -0.25) is 4.79 Å². The maximum atomic E-state index is 12.9. The number of hydrogen-bond donors (Lipinski definition) is 0. The highest BCUT2D eigenvalue weighted by Crippen LogP contribution is 2.22. The molecule has 1 aromatic carbocycles. The molecule has 0 bridgehead atoms. The fourth-order valence-electron chi connectivity index (χ4n) is 3.12. The van der Waals surface area contributed by atoms with Gasteiger partial charge in [0.15, 0.2) is 0 Å². The van der Waals surface area contributed by atoms with Crippen LogP contribution in [0.3, 0.4) is 0 Å². The normalized spacial score (nSPS) is 18.9. The molecule has 1 fully saturated rings. The lowest BCUT2D eigenvalue weighted by Gasteiger charge is -2.34. The van der Waals surface area contributed by atoms with Crippen molar-refractivity contribution in [2.75, 3.05) is 39.1 Å². The molecule has 0 aliphatic carbocycles. The zero-order chi connectivity index (χ0) is 18.3. The smallest absolute Gasteiger partial charge is 0.227 e. The molecule has 1 unspecified atom stereocenters. The molecular weight excluding hydrogens is 340 g/mol. The largest absolute Gasteiger partial charge is 0.384 e. The van der Waals surface area contributed by atoms with E-state index in [-0.39, 0.29) is 30.7 Å². The zero-order valence-corrected chi connectivity index (χ0v) is 15.9. The molecule has 0 aromatic heterocycles. The predicted molar refractivity (Wildman–Crippen MR) is 97.5 cm³/mol. The van der Waals surface area contributed by atoms with Gasteiger partial charge in [0.2, 0.25) is 15.9 Å². The van der Waals surface area contributed by atoms with Gasteiger partial charge in [0.1, 0.15) is 0 Å². The third-order valence-electron chi connectivity index (χ3n) is 4.58. The molecule has 140 valence electrons. The Bertz CT molecular complexity index is 648. The molecule has 1 heterocycles. The second kappa shape index (κ2) is 9.31. The maximum absolute atomic E-state index is 12.9. The Labute approximate surface area is 150 Å². The van der Waals surface area contributed by atoms with Gasteiger partial charge in [0, 0.05) is 33.3 Å². The highest BCUT2D eigenvalue weighted by Gasteiger charge is 2.33. The fraction of sp³-hybridized carbons (Fsp3) is 0.611. The first-order valence-electron chi connectivity index (χ1n) is 8.77. The van der Waals surface area contributed by atoms with Crippen LogP contribution in [-0.2, 0) is 26.1 Å². The molecule has 1 aromatic rings. The Balaban J connectivity index is 2.02. The van der Waals surface area contributed by atoms with Crippen LogP contribution >= 0.6 is 0 Å². The molecule has 0 spiro atoms. The topological polar surface area (TPSA) is 66.9 Å². The summed E-state index contributed by atoms with van der Waals surface area (Å²) in [7, 11) is -1.88. The van der Waals surface area contributed by atoms with Gasteiger partial charge >= 0.3 is 0 Å². The SMILES string of the molecule is CCN(Cc1ccccc1)C(=O)C1CCCN(S(=O)(=O)CCOC)C1. The number of rotatable bonds is 8. The third kappa shape index (κ3) is 5.52. The first-order valence-corrected chi connectivity index (χ1v) is 10.4. The highest BCUT2D eigenvalue weighted by molar-refractivity contribution is 7.89. The Kier molecular flexibility index (Phi) is 7.40. The van der Waals surface area contributed by atoms with Crippen LogP contribution in [0, 0.1) is 5.92 Å². The van der Waals surface area contributed by atoms with Crippen molar-refractivity contribution in [1.29, 1.82) is 0 Å². The van der Waals surface area contributed by atoms with E-state index in [2.05, 4.69) is 0 Å². The summed E-state index contributed by atoms with van der Waals surface area (Å²) in [6, 6.07) is 9.86. The van der Waals surface area contributed by atoms with Crippen LogP contribution in [0.15, 0.2) is 30.3 Å². The van der Waals surface area contributed by atoms with E-state index in [0.29, 0.717) is 26.1 Å². The van der Waals surface area contributed by atoms with Gasteiger partial charge in [-0.2, -0.15) is 0 Å². The standard InChI is InChI=1S/C18H28N2O4S/c1-3-19(14-16-8-5-4-6-9-16)18(21)17-10-7-11-20(15-17)25(22,23)13-12-24-2/h4-6,8-9,17H,3,7,10-15H2,1-2H3. The number of hydrogen-bond acceptors (Lipinski definition) is 4. The molecule has 25 heavy (non-hydrogen) atoms. The van der Waals surface area contributed by atoms with Gasteiger partial charge in [0.05, 0.1) is 18.3 Å². The molecule has 1 aliphatic heterocycles. The molecule has 0 saturated carbocycles. The molecule has 1 saturated heterocycles. The number of amides is 1. The predicted octanol–water partition coefficient (Wildman–Crippen LogP) is 1.72. The molecule has 2 rings (SSSR count). The van der Waals surface area contributed by atoms with E-state index in [4.69, 9.17) is 4.74 Å². The lowest BCUT2D eigenvalue weighted by molar-refractivity contribution is -0.137. The second-order valence-electron chi connectivity index (χ2n) is 6.34. The van der Waals surface area contributed by atoms with E-state index in [1.807, 2.05) is 42.2 Å². The number of nitrogens with zero attached hydrogens (tertiary/aromatic N) is 2. The summed E-state index contributed by atoms with van der Waals surface area (Å²) < 4.78 is 31.1. The third-order valence-corrected chi connectivity index (χ3v) is 6.38. The number of methoxy groups -OCH3 is 1. The Morgan fingerprint density at radius 3 is 2.68 bits per heavy atom. The summed E-state index contributed by atoms with van der Waals surface area (Å²) in [6.45, 7) is 4.06. The van der Waals surface area contributed by atoms with Gasteiger partial charge in [-0.1, -0.05) is 30.3 Å². The Morgan fingerprint density at radius 1 is 1.32 bits per heavy atom. The van der Waals surface area contributed by atoms with Crippen LogP contribution in [0.4, 0.5) is 0 Å². The van der Waals surface area contributed by atoms with E-state index >= 15 is 0 Å². The summed E-state index contributed by atoms with van der Waals surface area (Å²) in [6.07, 6.45) is 1.45. The van der Waals surface area contributed by atoms with Crippen LogP contribution < -0.4 is 0 Å². The molecular formula is C18H28N2O4S. The molecule has 0 N–H and O–H groups in total. The number of benzene rings is 1. The van der Waals surface area contributed by atoms with Crippen LogP contribution in [0.1, 0.15) is 25.3 Å². The summed E-state index contributed by atoms with van der Waals surface area (Å²) in [5.41, 5.74) is 1.08. The summed E-state index contributed by atoms with van der Waals surface area (Å²) in [4.78, 5) is 14.7. The monoisotopic (exact) mass is 368 g/mol. The van der Waals surface area contributed by atoms with Crippen molar-refractivity contribution in [3.63, 3.8) is 0 Å². The highest BCUT2D eigenvalue weighted by atomic mass is 32.2. The number of sulfonamides is 1. The van der Waals surface area contributed by atoms with E-state index in [0.717, 1.165) is 12.0 Å². The fourth-order valence-corrected chi connectivity index (χ4v) is 4.57. The van der Waals surface area contributed by atoms with Crippen LogP contribution in [-0.4, -0.2) is 62.6 Å².